The van der Waals surface area contributed by atoms with Gasteiger partial charge in [0.2, 0.25) is 0 Å². The number of rotatable bonds is 2. The van der Waals surface area contributed by atoms with Crippen molar-refractivity contribution in [3.8, 4) is 0 Å². The molecule has 5 nitrogen and oxygen atoms in total. The number of benzene rings is 2. The maximum Gasteiger partial charge on any atom is 0.338 e. The number of hydrogen-bond acceptors (Lipinski definition) is 2. The Kier molecular flexibility index (Phi) is 5.01. The first-order valence-corrected chi connectivity index (χ1v) is 7.40. The molecule has 23 heavy (non-hydrogen) atoms. The predicted octanol–water partition coefficient (Wildman–Crippen LogP) is 3.80. The summed E-state index contributed by atoms with van der Waals surface area (Å²) in [6.07, 6.45) is 0. The average molecular weight is 311 g/mol. The summed E-state index contributed by atoms with van der Waals surface area (Å²) in [5, 5.41) is 3.98. The lowest BCUT2D eigenvalue weighted by Gasteiger charge is -2.29. The highest BCUT2D eigenvalue weighted by molar-refractivity contribution is 6.01. The summed E-state index contributed by atoms with van der Waals surface area (Å²) >= 11 is 0. The highest BCUT2D eigenvalue weighted by Crippen LogP contribution is 2.21. The molecule has 120 valence electrons. The second-order valence-corrected chi connectivity index (χ2v) is 6.16. The van der Waals surface area contributed by atoms with Crippen molar-refractivity contribution in [1.29, 1.82) is 0 Å². The van der Waals surface area contributed by atoms with Crippen LogP contribution in [0.15, 0.2) is 60.7 Å². The number of nitrogens with one attached hydrogen (secondary N) is 2. The average Bonchev–Trinajstić information content (AvgIpc) is 2.53. The third-order valence-electron chi connectivity index (χ3n) is 3.10. The molecule has 0 unspecified atom stereocenters. The van der Waals surface area contributed by atoms with E-state index < -0.39 is 11.4 Å². The van der Waals surface area contributed by atoms with E-state index in [1.807, 2.05) is 57.2 Å². The van der Waals surface area contributed by atoms with Crippen LogP contribution in [0.25, 0.3) is 0 Å². The molecule has 0 heterocycles. The van der Waals surface area contributed by atoms with Gasteiger partial charge in [-0.3, -0.25) is 4.79 Å². The van der Waals surface area contributed by atoms with Crippen molar-refractivity contribution in [3.63, 3.8) is 0 Å². The van der Waals surface area contributed by atoms with Crippen LogP contribution >= 0.6 is 0 Å². The first-order valence-electron chi connectivity index (χ1n) is 7.40. The van der Waals surface area contributed by atoms with Gasteiger partial charge in [-0.1, -0.05) is 57.2 Å². The molecular formula is C18H21N3O2. The van der Waals surface area contributed by atoms with Crippen molar-refractivity contribution in [2.45, 2.75) is 20.8 Å². The standard InChI is InChI=1S/C18H21N3O2/c1-18(2,3)16(22)21(15-12-8-5-9-13-15)20-17(23)19-14-10-6-4-7-11-14/h4-13H,1-3H3,(H2,19,20,23). The lowest BCUT2D eigenvalue weighted by atomic mass is 9.95. The van der Waals surface area contributed by atoms with Crippen LogP contribution in [0.2, 0.25) is 0 Å². The van der Waals surface area contributed by atoms with E-state index in [-0.39, 0.29) is 5.91 Å². The number of urea groups is 1. The molecule has 0 aromatic heterocycles. The van der Waals surface area contributed by atoms with Gasteiger partial charge < -0.3 is 5.32 Å². The van der Waals surface area contributed by atoms with Crippen molar-refractivity contribution in [2.75, 3.05) is 10.3 Å². The summed E-state index contributed by atoms with van der Waals surface area (Å²) in [6, 6.07) is 17.6. The molecule has 0 bridgehead atoms. The van der Waals surface area contributed by atoms with E-state index >= 15 is 0 Å². The Morgan fingerprint density at radius 2 is 1.39 bits per heavy atom. The number of anilines is 2. The molecule has 0 saturated heterocycles. The van der Waals surface area contributed by atoms with Gasteiger partial charge in [-0.25, -0.2) is 15.2 Å². The Morgan fingerprint density at radius 1 is 0.870 bits per heavy atom. The molecule has 0 aliphatic rings. The van der Waals surface area contributed by atoms with Gasteiger partial charge in [-0.15, -0.1) is 0 Å². The first-order chi connectivity index (χ1) is 10.9. The fourth-order valence-electron chi connectivity index (χ4n) is 1.93. The Bertz CT molecular complexity index is 664. The molecule has 2 N–H and O–H groups in total. The van der Waals surface area contributed by atoms with Gasteiger partial charge in [0, 0.05) is 11.1 Å². The van der Waals surface area contributed by atoms with Crippen LogP contribution in [0.1, 0.15) is 20.8 Å². The summed E-state index contributed by atoms with van der Waals surface area (Å²) in [7, 11) is 0. The maximum atomic E-state index is 12.6. The molecule has 2 aromatic carbocycles. The Balaban J connectivity index is 2.18. The molecule has 0 spiro atoms. The summed E-state index contributed by atoms with van der Waals surface area (Å²) in [4.78, 5) is 24.8. The fourth-order valence-corrected chi connectivity index (χ4v) is 1.93. The minimum Gasteiger partial charge on any atom is -0.307 e. The number of carbonyl (C=O) groups excluding carboxylic acids is 2. The van der Waals surface area contributed by atoms with Crippen molar-refractivity contribution in [2.24, 2.45) is 5.41 Å². The molecule has 0 fully saturated rings. The van der Waals surface area contributed by atoms with Crippen LogP contribution in [0.5, 0.6) is 0 Å². The normalized spacial score (nSPS) is 10.7. The minimum atomic E-state index is -0.629. The van der Waals surface area contributed by atoms with Crippen LogP contribution in [-0.4, -0.2) is 11.9 Å². The zero-order chi connectivity index (χ0) is 16.9. The summed E-state index contributed by atoms with van der Waals surface area (Å²) in [5.41, 5.74) is 3.25. The molecule has 0 aliphatic heterocycles. The van der Waals surface area contributed by atoms with Gasteiger partial charge in [-0.05, 0) is 24.3 Å². The van der Waals surface area contributed by atoms with Crippen LogP contribution < -0.4 is 15.8 Å². The lowest BCUT2D eigenvalue weighted by molar-refractivity contribution is -0.126. The molecule has 5 heteroatoms. The van der Waals surface area contributed by atoms with Gasteiger partial charge in [0.1, 0.15) is 0 Å². The van der Waals surface area contributed by atoms with Crippen LogP contribution in [-0.2, 0) is 4.79 Å². The third kappa shape index (κ3) is 4.57. The van der Waals surface area contributed by atoms with E-state index in [0.717, 1.165) is 0 Å². The molecule has 0 aliphatic carbocycles. The summed E-state index contributed by atoms with van der Waals surface area (Å²) < 4.78 is 0. The quantitative estimate of drug-likeness (QED) is 0.829. The molecule has 3 amide bonds. The van der Waals surface area contributed by atoms with Crippen molar-refractivity contribution < 1.29 is 9.59 Å². The van der Waals surface area contributed by atoms with E-state index in [1.165, 1.54) is 5.01 Å². The van der Waals surface area contributed by atoms with Crippen LogP contribution in [0.3, 0.4) is 0 Å². The fraction of sp³-hybridized carbons (Fsp3) is 0.222. The second kappa shape index (κ2) is 6.96. The van der Waals surface area contributed by atoms with Gasteiger partial charge in [0.25, 0.3) is 5.91 Å². The SMILES string of the molecule is CC(C)(C)C(=O)N(NC(=O)Nc1ccccc1)c1ccccc1. The van der Waals surface area contributed by atoms with E-state index in [0.29, 0.717) is 11.4 Å². The predicted molar refractivity (Wildman–Crippen MR) is 92.0 cm³/mol. The lowest BCUT2D eigenvalue weighted by Crippen LogP contribution is -2.52. The number of amides is 3. The van der Waals surface area contributed by atoms with Gasteiger partial charge in [-0.2, -0.15) is 0 Å². The summed E-state index contributed by atoms with van der Waals surface area (Å²) in [5.74, 6) is -0.202. The monoisotopic (exact) mass is 311 g/mol. The number of hydrazine groups is 1. The number of nitrogens with zero attached hydrogens (tertiary/aromatic N) is 1. The Morgan fingerprint density at radius 3 is 1.91 bits per heavy atom. The van der Waals surface area contributed by atoms with Gasteiger partial charge in [0.05, 0.1) is 5.69 Å². The van der Waals surface area contributed by atoms with Gasteiger partial charge >= 0.3 is 6.03 Å². The van der Waals surface area contributed by atoms with E-state index in [9.17, 15) is 9.59 Å². The van der Waals surface area contributed by atoms with Crippen LogP contribution in [0.4, 0.5) is 16.2 Å². The zero-order valence-corrected chi connectivity index (χ0v) is 13.5. The third-order valence-corrected chi connectivity index (χ3v) is 3.10. The second-order valence-electron chi connectivity index (χ2n) is 6.16. The number of hydrogen-bond donors (Lipinski definition) is 2. The number of para-hydroxylation sites is 2. The zero-order valence-electron chi connectivity index (χ0n) is 13.5. The largest absolute Gasteiger partial charge is 0.338 e. The number of carbonyl (C=O) groups is 2. The van der Waals surface area contributed by atoms with Crippen molar-refractivity contribution in [1.82, 2.24) is 5.43 Å². The molecule has 0 radical (unpaired) electrons. The molecule has 2 aromatic rings. The molecule has 0 atom stereocenters. The minimum absolute atomic E-state index is 0.202. The molecule has 2 rings (SSSR count). The highest BCUT2D eigenvalue weighted by atomic mass is 16.2. The maximum absolute atomic E-state index is 12.6. The van der Waals surface area contributed by atoms with Crippen molar-refractivity contribution >= 4 is 23.3 Å². The van der Waals surface area contributed by atoms with E-state index in [2.05, 4.69) is 10.7 Å². The van der Waals surface area contributed by atoms with E-state index in [4.69, 9.17) is 0 Å². The topological polar surface area (TPSA) is 61.4 Å². The highest BCUT2D eigenvalue weighted by Gasteiger charge is 2.29. The van der Waals surface area contributed by atoms with Crippen molar-refractivity contribution in [3.05, 3.63) is 60.7 Å². The Hall–Kier alpha value is -2.82. The Labute approximate surface area is 136 Å². The first kappa shape index (κ1) is 16.5. The van der Waals surface area contributed by atoms with Gasteiger partial charge in [0.15, 0.2) is 0 Å². The van der Waals surface area contributed by atoms with Crippen LogP contribution in [0, 0.1) is 5.41 Å². The summed E-state index contributed by atoms with van der Waals surface area (Å²) in [6.45, 7) is 5.42. The smallest absolute Gasteiger partial charge is 0.307 e. The van der Waals surface area contributed by atoms with E-state index in [1.54, 1.807) is 24.3 Å². The molecule has 0 saturated carbocycles. The molecular weight excluding hydrogens is 290 g/mol.